The normalized spacial score (nSPS) is 11.9. The van der Waals surface area contributed by atoms with Crippen molar-refractivity contribution in [3.05, 3.63) is 30.3 Å². The highest BCUT2D eigenvalue weighted by Crippen LogP contribution is 2.07. The van der Waals surface area contributed by atoms with Gasteiger partial charge in [0, 0.05) is 6.54 Å². The molecule has 0 fully saturated rings. The van der Waals surface area contributed by atoms with Crippen molar-refractivity contribution >= 4 is 5.91 Å². The number of hydrogen-bond acceptors (Lipinski definition) is 3. The Hall–Kier alpha value is -1.55. The van der Waals surface area contributed by atoms with Crippen molar-refractivity contribution in [3.63, 3.8) is 0 Å². The van der Waals surface area contributed by atoms with Gasteiger partial charge in [0.15, 0.2) is 0 Å². The molecule has 106 valence electrons. The maximum absolute atomic E-state index is 11.6. The molecule has 1 rings (SSSR count). The van der Waals surface area contributed by atoms with Crippen LogP contribution in [-0.4, -0.2) is 31.6 Å². The summed E-state index contributed by atoms with van der Waals surface area (Å²) in [5, 5.41) is 6.05. The molecule has 0 heterocycles. The van der Waals surface area contributed by atoms with Crippen LogP contribution in [0.2, 0.25) is 0 Å². The molecule has 0 spiro atoms. The Morgan fingerprint density at radius 3 is 2.68 bits per heavy atom. The van der Waals surface area contributed by atoms with E-state index in [2.05, 4.69) is 10.6 Å². The molecule has 1 aromatic carbocycles. The first-order chi connectivity index (χ1) is 9.24. The summed E-state index contributed by atoms with van der Waals surface area (Å²) in [6, 6.07) is 9.60. The van der Waals surface area contributed by atoms with E-state index in [0.717, 1.165) is 31.7 Å². The van der Waals surface area contributed by atoms with Gasteiger partial charge in [0.2, 0.25) is 5.91 Å². The van der Waals surface area contributed by atoms with E-state index in [1.54, 1.807) is 0 Å². The molecule has 19 heavy (non-hydrogen) atoms. The standard InChI is InChI=1S/C15H24N2O2/c1-3-10-17-15(18)13(2)16-11-7-12-19-14-8-5-4-6-9-14/h4-6,8-9,13,16H,3,7,10-12H2,1-2H3,(H,17,18). The second-order valence-electron chi connectivity index (χ2n) is 4.48. The predicted octanol–water partition coefficient (Wildman–Crippen LogP) is 1.96. The smallest absolute Gasteiger partial charge is 0.236 e. The van der Waals surface area contributed by atoms with Gasteiger partial charge in [0.1, 0.15) is 5.75 Å². The van der Waals surface area contributed by atoms with Crippen molar-refractivity contribution < 1.29 is 9.53 Å². The summed E-state index contributed by atoms with van der Waals surface area (Å²) in [5.74, 6) is 0.946. The number of nitrogens with one attached hydrogen (secondary N) is 2. The third-order valence-electron chi connectivity index (χ3n) is 2.73. The second-order valence-corrected chi connectivity index (χ2v) is 4.48. The third kappa shape index (κ3) is 6.82. The molecule has 4 nitrogen and oxygen atoms in total. The van der Waals surface area contributed by atoms with E-state index in [1.165, 1.54) is 0 Å². The minimum absolute atomic E-state index is 0.0610. The van der Waals surface area contributed by atoms with Gasteiger partial charge in [-0.3, -0.25) is 4.79 Å². The Labute approximate surface area is 115 Å². The highest BCUT2D eigenvalue weighted by molar-refractivity contribution is 5.81. The molecule has 4 heteroatoms. The van der Waals surface area contributed by atoms with Gasteiger partial charge in [-0.15, -0.1) is 0 Å². The quantitative estimate of drug-likeness (QED) is 0.670. The van der Waals surface area contributed by atoms with E-state index in [0.29, 0.717) is 6.61 Å². The lowest BCUT2D eigenvalue weighted by Gasteiger charge is -2.13. The molecule has 0 aliphatic rings. The monoisotopic (exact) mass is 264 g/mol. The highest BCUT2D eigenvalue weighted by atomic mass is 16.5. The number of rotatable bonds is 9. The highest BCUT2D eigenvalue weighted by Gasteiger charge is 2.10. The van der Waals surface area contributed by atoms with Gasteiger partial charge in [-0.05, 0) is 38.4 Å². The first-order valence-corrected chi connectivity index (χ1v) is 6.93. The van der Waals surface area contributed by atoms with Crippen LogP contribution in [0, 0.1) is 0 Å². The SMILES string of the molecule is CCCNC(=O)C(C)NCCCOc1ccccc1. The van der Waals surface area contributed by atoms with Gasteiger partial charge in [-0.25, -0.2) is 0 Å². The molecule has 2 N–H and O–H groups in total. The van der Waals surface area contributed by atoms with Crippen molar-refractivity contribution in [2.75, 3.05) is 19.7 Å². The number of hydrogen-bond donors (Lipinski definition) is 2. The zero-order valence-electron chi connectivity index (χ0n) is 11.8. The number of ether oxygens (including phenoxy) is 1. The summed E-state index contributed by atoms with van der Waals surface area (Å²) in [6.45, 7) is 6.08. The van der Waals surface area contributed by atoms with Crippen LogP contribution in [0.4, 0.5) is 0 Å². The topological polar surface area (TPSA) is 50.4 Å². The van der Waals surface area contributed by atoms with Gasteiger partial charge in [-0.1, -0.05) is 25.1 Å². The van der Waals surface area contributed by atoms with Gasteiger partial charge in [-0.2, -0.15) is 0 Å². The van der Waals surface area contributed by atoms with Gasteiger partial charge in [0.05, 0.1) is 12.6 Å². The molecule has 0 saturated carbocycles. The Kier molecular flexibility index (Phi) is 7.66. The van der Waals surface area contributed by atoms with Crippen LogP contribution in [-0.2, 0) is 4.79 Å². The summed E-state index contributed by atoms with van der Waals surface area (Å²) in [4.78, 5) is 11.6. The predicted molar refractivity (Wildman–Crippen MR) is 77.3 cm³/mol. The first-order valence-electron chi connectivity index (χ1n) is 6.93. The van der Waals surface area contributed by atoms with Gasteiger partial charge >= 0.3 is 0 Å². The van der Waals surface area contributed by atoms with Crippen LogP contribution < -0.4 is 15.4 Å². The lowest BCUT2D eigenvalue weighted by atomic mass is 10.3. The lowest BCUT2D eigenvalue weighted by molar-refractivity contribution is -0.122. The summed E-state index contributed by atoms with van der Waals surface area (Å²) >= 11 is 0. The Morgan fingerprint density at radius 2 is 2.00 bits per heavy atom. The molecule has 1 unspecified atom stereocenters. The molecule has 1 amide bonds. The summed E-state index contributed by atoms with van der Waals surface area (Å²) < 4.78 is 5.57. The summed E-state index contributed by atoms with van der Waals surface area (Å²) in [5.41, 5.74) is 0. The maximum Gasteiger partial charge on any atom is 0.236 e. The van der Waals surface area contributed by atoms with E-state index in [1.807, 2.05) is 44.2 Å². The van der Waals surface area contributed by atoms with Crippen LogP contribution in [0.25, 0.3) is 0 Å². The fourth-order valence-electron chi connectivity index (χ4n) is 1.59. The van der Waals surface area contributed by atoms with Crippen LogP contribution in [0.5, 0.6) is 5.75 Å². The average Bonchev–Trinajstić information content (AvgIpc) is 2.45. The Balaban J connectivity index is 2.05. The summed E-state index contributed by atoms with van der Waals surface area (Å²) in [7, 11) is 0. The van der Waals surface area contributed by atoms with Crippen molar-refractivity contribution in [3.8, 4) is 5.75 Å². The fraction of sp³-hybridized carbons (Fsp3) is 0.533. The van der Waals surface area contributed by atoms with Gasteiger partial charge in [0.25, 0.3) is 0 Å². The maximum atomic E-state index is 11.6. The van der Waals surface area contributed by atoms with Crippen LogP contribution in [0.15, 0.2) is 30.3 Å². The average molecular weight is 264 g/mol. The van der Waals surface area contributed by atoms with E-state index in [9.17, 15) is 4.79 Å². The zero-order chi connectivity index (χ0) is 13.9. The van der Waals surface area contributed by atoms with E-state index >= 15 is 0 Å². The van der Waals surface area contributed by atoms with Crippen LogP contribution in [0.3, 0.4) is 0 Å². The number of para-hydroxylation sites is 1. The fourth-order valence-corrected chi connectivity index (χ4v) is 1.59. The van der Waals surface area contributed by atoms with Crippen molar-refractivity contribution in [1.82, 2.24) is 10.6 Å². The largest absolute Gasteiger partial charge is 0.494 e. The Bertz CT molecular complexity index is 354. The van der Waals surface area contributed by atoms with Crippen LogP contribution >= 0.6 is 0 Å². The van der Waals surface area contributed by atoms with Crippen LogP contribution in [0.1, 0.15) is 26.7 Å². The van der Waals surface area contributed by atoms with Gasteiger partial charge < -0.3 is 15.4 Å². The molecule has 0 aromatic heterocycles. The Morgan fingerprint density at radius 1 is 1.26 bits per heavy atom. The van der Waals surface area contributed by atoms with Crippen molar-refractivity contribution in [1.29, 1.82) is 0 Å². The van der Waals surface area contributed by atoms with E-state index in [4.69, 9.17) is 4.74 Å². The third-order valence-corrected chi connectivity index (χ3v) is 2.73. The minimum atomic E-state index is -0.150. The zero-order valence-corrected chi connectivity index (χ0v) is 11.8. The molecular weight excluding hydrogens is 240 g/mol. The molecule has 0 aliphatic heterocycles. The molecule has 0 aliphatic carbocycles. The van der Waals surface area contributed by atoms with Crippen molar-refractivity contribution in [2.24, 2.45) is 0 Å². The number of amides is 1. The molecule has 1 atom stereocenters. The molecular formula is C15H24N2O2. The minimum Gasteiger partial charge on any atom is -0.494 e. The van der Waals surface area contributed by atoms with E-state index in [-0.39, 0.29) is 11.9 Å². The number of carbonyl (C=O) groups excluding carboxylic acids is 1. The number of carbonyl (C=O) groups is 1. The summed E-state index contributed by atoms with van der Waals surface area (Å²) in [6.07, 6.45) is 1.84. The van der Waals surface area contributed by atoms with E-state index < -0.39 is 0 Å². The van der Waals surface area contributed by atoms with Crippen molar-refractivity contribution in [2.45, 2.75) is 32.7 Å². The molecule has 0 radical (unpaired) electrons. The number of benzene rings is 1. The second kappa shape index (κ2) is 9.39. The first kappa shape index (κ1) is 15.5. The molecule has 1 aromatic rings. The molecule has 0 bridgehead atoms. The lowest BCUT2D eigenvalue weighted by Crippen LogP contribution is -2.42. The molecule has 0 saturated heterocycles.